The second-order valence-electron chi connectivity index (χ2n) is 12.2. The van der Waals surface area contributed by atoms with Crippen LogP contribution in [0.25, 0.3) is 12.2 Å². The normalized spacial score (nSPS) is 21.7. The van der Waals surface area contributed by atoms with Crippen LogP contribution in [0.4, 0.5) is 0 Å². The zero-order valence-electron chi connectivity index (χ0n) is 26.9. The minimum absolute atomic E-state index is 0.0215. The van der Waals surface area contributed by atoms with Crippen molar-refractivity contribution in [3.05, 3.63) is 123 Å². The maximum absolute atomic E-state index is 14.4. The summed E-state index contributed by atoms with van der Waals surface area (Å²) in [5.41, 5.74) is 1.90. The summed E-state index contributed by atoms with van der Waals surface area (Å²) in [5, 5.41) is 43.1. The number of hydrogen-bond donors (Lipinski definition) is 4. The zero-order chi connectivity index (χ0) is 34.8. The first kappa shape index (κ1) is 33.8. The Bertz CT molecular complexity index is 1920. The third-order valence-electron chi connectivity index (χ3n) is 8.80. The Morgan fingerprint density at radius 1 is 0.796 bits per heavy atom. The number of ether oxygens (including phenoxy) is 3. The molecule has 0 radical (unpaired) electrons. The molecule has 1 heterocycles. The number of carbonyl (C=O) groups excluding carboxylic acids is 3. The van der Waals surface area contributed by atoms with E-state index in [9.17, 15) is 34.8 Å². The average Bonchev–Trinajstić information content (AvgIpc) is 3.09. The highest BCUT2D eigenvalue weighted by Crippen LogP contribution is 2.44. The van der Waals surface area contributed by atoms with E-state index >= 15 is 0 Å². The molecule has 252 valence electrons. The van der Waals surface area contributed by atoms with Crippen molar-refractivity contribution in [3.63, 3.8) is 0 Å². The molecule has 49 heavy (non-hydrogen) atoms. The number of hydrogen-bond acceptors (Lipinski definition) is 10. The largest absolute Gasteiger partial charge is 0.507 e. The van der Waals surface area contributed by atoms with Crippen molar-refractivity contribution in [1.82, 2.24) is 0 Å². The first-order valence-electron chi connectivity index (χ1n) is 16.0. The van der Waals surface area contributed by atoms with E-state index in [4.69, 9.17) is 14.2 Å². The molecule has 4 aromatic carbocycles. The number of benzene rings is 4. The summed E-state index contributed by atoms with van der Waals surface area (Å²) in [6.45, 7) is 2.73. The fourth-order valence-corrected chi connectivity index (χ4v) is 6.25. The van der Waals surface area contributed by atoms with Crippen molar-refractivity contribution in [1.29, 1.82) is 0 Å². The lowest BCUT2D eigenvalue weighted by atomic mass is 9.79. The van der Waals surface area contributed by atoms with Crippen LogP contribution in [0.5, 0.6) is 17.2 Å². The standard InChI is InChI=1S/C39H36O10/c1-21-33(41)37(45)38(46)39(47-21)49-30-20-28-32(34(42)26(30)15-9-14-23-10-5-3-6-11-23)35(43)27-18-19-29(48-22(2)40)25(31(27)36(28)44)17-16-24-12-7-4-8-13-24/h3-8,10-13,16-21,33,37-39,41-42,45-46H,9,14-15H2,1-2H3/b17-16+/t21-,33+,37+,38+,39+/m0/s1. The second kappa shape index (κ2) is 14.2. The van der Waals surface area contributed by atoms with Gasteiger partial charge in [-0.15, -0.1) is 0 Å². The van der Waals surface area contributed by atoms with E-state index in [2.05, 4.69) is 0 Å². The molecule has 6 rings (SSSR count). The highest BCUT2D eigenvalue weighted by atomic mass is 16.7. The number of fused-ring (bicyclic) bond motifs is 2. The van der Waals surface area contributed by atoms with E-state index < -0.39 is 54.0 Å². The van der Waals surface area contributed by atoms with Gasteiger partial charge < -0.3 is 34.6 Å². The molecule has 2 aliphatic rings. The highest BCUT2D eigenvalue weighted by molar-refractivity contribution is 6.31. The van der Waals surface area contributed by atoms with Crippen LogP contribution in [-0.2, 0) is 22.4 Å². The first-order valence-corrected chi connectivity index (χ1v) is 16.0. The molecular formula is C39H36O10. The molecule has 0 saturated carbocycles. The SMILES string of the molecule is CC(=O)Oc1ccc2c(c1/C=C/c1ccccc1)C(=O)c1cc(O[C@H]3O[C@@H](C)[C@@H](O)[C@@H](O)[C@H]3O)c(CCCc3ccccc3)c(O)c1C2=O. The van der Waals surface area contributed by atoms with Gasteiger partial charge in [-0.2, -0.15) is 0 Å². The Labute approximate surface area is 282 Å². The number of rotatable bonds is 9. The van der Waals surface area contributed by atoms with Gasteiger partial charge >= 0.3 is 5.97 Å². The molecule has 4 N–H and O–H groups in total. The summed E-state index contributed by atoms with van der Waals surface area (Å²) in [7, 11) is 0. The highest BCUT2D eigenvalue weighted by Gasteiger charge is 2.44. The molecule has 4 aromatic rings. The molecule has 10 heteroatoms. The second-order valence-corrected chi connectivity index (χ2v) is 12.2. The Morgan fingerprint density at radius 3 is 2.16 bits per heavy atom. The third-order valence-corrected chi connectivity index (χ3v) is 8.80. The first-order chi connectivity index (χ1) is 23.5. The number of phenolic OH excluding ortho intramolecular Hbond substituents is 1. The molecule has 5 atom stereocenters. The summed E-state index contributed by atoms with van der Waals surface area (Å²) < 4.78 is 17.2. The van der Waals surface area contributed by atoms with Gasteiger partial charge in [0.2, 0.25) is 6.29 Å². The molecular weight excluding hydrogens is 628 g/mol. The maximum atomic E-state index is 14.4. The van der Waals surface area contributed by atoms with Crippen LogP contribution >= 0.6 is 0 Å². The maximum Gasteiger partial charge on any atom is 0.308 e. The monoisotopic (exact) mass is 664 g/mol. The molecule has 1 saturated heterocycles. The molecule has 0 amide bonds. The van der Waals surface area contributed by atoms with Gasteiger partial charge in [0.25, 0.3) is 0 Å². The van der Waals surface area contributed by atoms with Crippen LogP contribution in [0.1, 0.15) is 74.4 Å². The molecule has 10 nitrogen and oxygen atoms in total. The fourth-order valence-electron chi connectivity index (χ4n) is 6.25. The number of ketones is 2. The van der Waals surface area contributed by atoms with Crippen molar-refractivity contribution < 1.29 is 49.0 Å². The van der Waals surface area contributed by atoms with Crippen LogP contribution in [0, 0.1) is 0 Å². The summed E-state index contributed by atoms with van der Waals surface area (Å²) in [4.78, 5) is 40.6. The lowest BCUT2D eigenvalue weighted by Crippen LogP contribution is -2.58. The Kier molecular flexibility index (Phi) is 9.75. The van der Waals surface area contributed by atoms with Crippen molar-refractivity contribution in [3.8, 4) is 17.2 Å². The summed E-state index contributed by atoms with van der Waals surface area (Å²) in [5.74, 6) is -2.27. The van der Waals surface area contributed by atoms with Gasteiger partial charge in [-0.25, -0.2) is 0 Å². The average molecular weight is 665 g/mol. The van der Waals surface area contributed by atoms with Crippen LogP contribution in [0.3, 0.4) is 0 Å². The molecule has 0 unspecified atom stereocenters. The lowest BCUT2D eigenvalue weighted by molar-refractivity contribution is -0.268. The molecule has 1 aliphatic carbocycles. The van der Waals surface area contributed by atoms with E-state index in [1.54, 1.807) is 12.2 Å². The lowest BCUT2D eigenvalue weighted by Gasteiger charge is -2.39. The Balaban J connectivity index is 1.46. The zero-order valence-corrected chi connectivity index (χ0v) is 26.9. The minimum atomic E-state index is -1.67. The fraction of sp³-hybridized carbons (Fsp3) is 0.256. The molecule has 0 spiro atoms. The summed E-state index contributed by atoms with van der Waals surface area (Å²) in [6, 6.07) is 23.1. The molecule has 0 bridgehead atoms. The van der Waals surface area contributed by atoms with E-state index in [1.165, 1.54) is 32.0 Å². The van der Waals surface area contributed by atoms with Crippen LogP contribution in [-0.4, -0.2) is 68.7 Å². The number of aliphatic hydroxyl groups is 3. The van der Waals surface area contributed by atoms with Gasteiger partial charge in [0.1, 0.15) is 35.6 Å². The van der Waals surface area contributed by atoms with E-state index in [0.717, 1.165) is 11.1 Å². The number of esters is 1. The van der Waals surface area contributed by atoms with E-state index in [1.807, 2.05) is 60.7 Å². The summed E-state index contributed by atoms with van der Waals surface area (Å²) >= 11 is 0. The number of phenols is 1. The van der Waals surface area contributed by atoms with Gasteiger partial charge in [-0.3, -0.25) is 14.4 Å². The van der Waals surface area contributed by atoms with Crippen molar-refractivity contribution in [2.75, 3.05) is 0 Å². The van der Waals surface area contributed by atoms with Gasteiger partial charge in [-0.1, -0.05) is 66.7 Å². The van der Waals surface area contributed by atoms with Gasteiger partial charge in [0.05, 0.1) is 11.7 Å². The van der Waals surface area contributed by atoms with Gasteiger partial charge in [-0.05, 0) is 61.6 Å². The predicted octanol–water partition coefficient (Wildman–Crippen LogP) is 4.64. The molecule has 1 aliphatic heterocycles. The topological polar surface area (TPSA) is 160 Å². The number of carbonyl (C=O) groups is 3. The smallest absolute Gasteiger partial charge is 0.308 e. The Hall–Kier alpha value is -5.13. The van der Waals surface area contributed by atoms with Crippen LogP contribution < -0.4 is 9.47 Å². The van der Waals surface area contributed by atoms with Crippen LogP contribution in [0.15, 0.2) is 78.9 Å². The van der Waals surface area contributed by atoms with Crippen molar-refractivity contribution in [2.24, 2.45) is 0 Å². The molecule has 1 fully saturated rings. The minimum Gasteiger partial charge on any atom is -0.507 e. The Morgan fingerprint density at radius 2 is 1.47 bits per heavy atom. The number of aliphatic hydroxyl groups excluding tert-OH is 3. The quantitative estimate of drug-likeness (QED) is 0.0993. The summed E-state index contributed by atoms with van der Waals surface area (Å²) in [6.07, 6.45) is -2.32. The van der Waals surface area contributed by atoms with Crippen molar-refractivity contribution in [2.45, 2.75) is 63.8 Å². The number of aryl methyl sites for hydroxylation is 1. The van der Waals surface area contributed by atoms with Gasteiger partial charge in [0.15, 0.2) is 11.6 Å². The van der Waals surface area contributed by atoms with Gasteiger partial charge in [0, 0.05) is 34.7 Å². The van der Waals surface area contributed by atoms with Crippen LogP contribution in [0.2, 0.25) is 0 Å². The molecule has 0 aromatic heterocycles. The van der Waals surface area contributed by atoms with E-state index in [-0.39, 0.29) is 51.3 Å². The number of aromatic hydroxyl groups is 1. The third kappa shape index (κ3) is 6.77. The van der Waals surface area contributed by atoms with Crippen molar-refractivity contribution >= 4 is 29.7 Å². The van der Waals surface area contributed by atoms with E-state index in [0.29, 0.717) is 12.8 Å². The predicted molar refractivity (Wildman–Crippen MR) is 180 cm³/mol.